The van der Waals surface area contributed by atoms with Crippen LogP contribution in [0.1, 0.15) is 23.8 Å². The molecule has 10 heteroatoms. The largest absolute Gasteiger partial charge is 0.489 e. The van der Waals surface area contributed by atoms with Crippen LogP contribution in [0.2, 0.25) is 5.02 Å². The first kappa shape index (κ1) is 21.6. The quantitative estimate of drug-likeness (QED) is 0.716. The molecule has 0 saturated carbocycles. The topological polar surface area (TPSA) is 89.4 Å². The van der Waals surface area contributed by atoms with Crippen LogP contribution in [0.4, 0.5) is 10.1 Å². The first-order valence-corrected chi connectivity index (χ1v) is 11.3. The summed E-state index contributed by atoms with van der Waals surface area (Å²) in [6, 6.07) is 3.78. The van der Waals surface area contributed by atoms with E-state index in [1.54, 1.807) is 7.05 Å². The van der Waals surface area contributed by atoms with Crippen LogP contribution in [0.15, 0.2) is 29.3 Å². The molecule has 0 radical (unpaired) electrons. The number of amides is 1. The Morgan fingerprint density at radius 1 is 1.45 bits per heavy atom. The van der Waals surface area contributed by atoms with E-state index in [1.165, 1.54) is 22.9 Å². The minimum absolute atomic E-state index is 0.00818. The molecular formula is C19H23ClFN3O4S. The van der Waals surface area contributed by atoms with Crippen molar-refractivity contribution in [2.24, 2.45) is 12.5 Å². The number of anilines is 1. The van der Waals surface area contributed by atoms with Gasteiger partial charge in [0.05, 0.1) is 11.6 Å². The molecule has 1 aliphatic heterocycles. The first-order chi connectivity index (χ1) is 13.5. The van der Waals surface area contributed by atoms with Crippen LogP contribution in [0, 0.1) is 11.2 Å². The number of rotatable bonds is 6. The molecule has 0 bridgehead atoms. The standard InChI is InChI=1S/C19H23ClFN3O4S/c1-19(6-7-22-10-19)11-28-17-15(29(3,26)27)9-24(2)16(17)18(25)23-12-4-5-14(21)13(20)8-12/h4-5,8-9,22H,6-7,10-11H2,1-3H3,(H,23,25)/t19-/m0/s1. The van der Waals surface area contributed by atoms with E-state index in [1.807, 2.05) is 6.92 Å². The molecule has 1 amide bonds. The monoisotopic (exact) mass is 443 g/mol. The lowest BCUT2D eigenvalue weighted by molar-refractivity contribution is 0.101. The van der Waals surface area contributed by atoms with Crippen LogP contribution in [0.5, 0.6) is 5.75 Å². The average Bonchev–Trinajstić information content (AvgIpc) is 3.20. The fourth-order valence-corrected chi connectivity index (χ4v) is 4.27. The van der Waals surface area contributed by atoms with Gasteiger partial charge in [-0.05, 0) is 31.2 Å². The smallest absolute Gasteiger partial charge is 0.276 e. The average molecular weight is 444 g/mol. The zero-order valence-electron chi connectivity index (χ0n) is 16.4. The third kappa shape index (κ3) is 4.73. The van der Waals surface area contributed by atoms with Gasteiger partial charge in [0.1, 0.15) is 10.7 Å². The zero-order valence-corrected chi connectivity index (χ0v) is 18.0. The highest BCUT2D eigenvalue weighted by Gasteiger charge is 2.33. The van der Waals surface area contributed by atoms with E-state index >= 15 is 0 Å². The summed E-state index contributed by atoms with van der Waals surface area (Å²) >= 11 is 5.77. The minimum atomic E-state index is -3.63. The van der Waals surface area contributed by atoms with Crippen molar-refractivity contribution in [1.29, 1.82) is 0 Å². The number of aryl methyl sites for hydroxylation is 1. The summed E-state index contributed by atoms with van der Waals surface area (Å²) in [5.41, 5.74) is 0.171. The second-order valence-corrected chi connectivity index (χ2v) is 10.1. The maximum atomic E-state index is 13.4. The Morgan fingerprint density at radius 2 is 2.17 bits per heavy atom. The highest BCUT2D eigenvalue weighted by atomic mass is 35.5. The molecule has 1 fully saturated rings. The number of nitrogens with one attached hydrogen (secondary N) is 2. The molecule has 1 atom stereocenters. The van der Waals surface area contributed by atoms with Gasteiger partial charge in [-0.2, -0.15) is 0 Å². The fourth-order valence-electron chi connectivity index (χ4n) is 3.25. The highest BCUT2D eigenvalue weighted by molar-refractivity contribution is 7.90. The van der Waals surface area contributed by atoms with Gasteiger partial charge in [0.2, 0.25) is 0 Å². The summed E-state index contributed by atoms with van der Waals surface area (Å²) in [5.74, 6) is -1.19. The van der Waals surface area contributed by atoms with Gasteiger partial charge in [-0.3, -0.25) is 4.79 Å². The Kier molecular flexibility index (Phi) is 5.93. The summed E-state index contributed by atoms with van der Waals surface area (Å²) in [6.07, 6.45) is 3.30. The highest BCUT2D eigenvalue weighted by Crippen LogP contribution is 2.34. The molecule has 3 rings (SSSR count). The van der Waals surface area contributed by atoms with Crippen LogP contribution >= 0.6 is 11.6 Å². The predicted octanol–water partition coefficient (Wildman–Crippen LogP) is 2.85. The van der Waals surface area contributed by atoms with E-state index in [0.29, 0.717) is 0 Å². The van der Waals surface area contributed by atoms with Gasteiger partial charge in [0, 0.05) is 37.1 Å². The summed E-state index contributed by atoms with van der Waals surface area (Å²) in [6.45, 7) is 3.89. The molecule has 1 aromatic carbocycles. The molecule has 7 nitrogen and oxygen atoms in total. The predicted molar refractivity (Wildman–Crippen MR) is 109 cm³/mol. The van der Waals surface area contributed by atoms with Gasteiger partial charge < -0.3 is 19.9 Å². The molecule has 0 spiro atoms. The lowest BCUT2D eigenvalue weighted by Gasteiger charge is -2.23. The third-order valence-corrected chi connectivity index (χ3v) is 6.30. The van der Waals surface area contributed by atoms with E-state index in [-0.39, 0.29) is 39.1 Å². The molecule has 2 aromatic rings. The molecule has 1 saturated heterocycles. The van der Waals surface area contributed by atoms with Crippen molar-refractivity contribution in [3.05, 3.63) is 40.9 Å². The number of carbonyl (C=O) groups is 1. The minimum Gasteiger partial charge on any atom is -0.489 e. The number of sulfone groups is 1. The number of nitrogens with zero attached hydrogens (tertiary/aromatic N) is 1. The van der Waals surface area contributed by atoms with Crippen molar-refractivity contribution in [1.82, 2.24) is 9.88 Å². The van der Waals surface area contributed by atoms with Crippen molar-refractivity contribution < 1.29 is 22.3 Å². The van der Waals surface area contributed by atoms with Crippen LogP contribution in [-0.2, 0) is 16.9 Å². The van der Waals surface area contributed by atoms with Crippen LogP contribution in [0.25, 0.3) is 0 Å². The number of benzene rings is 1. The second-order valence-electron chi connectivity index (χ2n) is 7.66. The number of aromatic nitrogens is 1. The Labute approximate surface area is 174 Å². The maximum absolute atomic E-state index is 13.4. The molecular weight excluding hydrogens is 421 g/mol. The van der Waals surface area contributed by atoms with Gasteiger partial charge in [-0.15, -0.1) is 0 Å². The fraction of sp³-hybridized carbons (Fsp3) is 0.421. The maximum Gasteiger partial charge on any atom is 0.276 e. The first-order valence-electron chi connectivity index (χ1n) is 8.99. The number of hydrogen-bond donors (Lipinski definition) is 2. The summed E-state index contributed by atoms with van der Waals surface area (Å²) in [5, 5.41) is 5.73. The molecule has 2 N–H and O–H groups in total. The molecule has 0 unspecified atom stereocenters. The van der Waals surface area contributed by atoms with Gasteiger partial charge in [-0.1, -0.05) is 18.5 Å². The Morgan fingerprint density at radius 3 is 2.76 bits per heavy atom. The normalized spacial score (nSPS) is 19.3. The second kappa shape index (κ2) is 7.97. The molecule has 0 aliphatic carbocycles. The van der Waals surface area contributed by atoms with E-state index in [2.05, 4.69) is 10.6 Å². The molecule has 1 aliphatic rings. The van der Waals surface area contributed by atoms with E-state index in [0.717, 1.165) is 31.8 Å². The number of hydrogen-bond acceptors (Lipinski definition) is 5. The zero-order chi connectivity index (χ0) is 21.4. The lowest BCUT2D eigenvalue weighted by Crippen LogP contribution is -2.28. The van der Waals surface area contributed by atoms with Crippen molar-refractivity contribution in [3.8, 4) is 5.75 Å². The van der Waals surface area contributed by atoms with Crippen molar-refractivity contribution in [3.63, 3.8) is 0 Å². The third-order valence-electron chi connectivity index (χ3n) is 4.92. The van der Waals surface area contributed by atoms with Crippen molar-refractivity contribution >= 4 is 33.0 Å². The number of carbonyl (C=O) groups excluding carboxylic acids is 1. The lowest BCUT2D eigenvalue weighted by atomic mass is 9.91. The molecule has 1 aromatic heterocycles. The van der Waals surface area contributed by atoms with Crippen molar-refractivity contribution in [2.75, 3.05) is 31.3 Å². The van der Waals surface area contributed by atoms with Crippen molar-refractivity contribution in [2.45, 2.75) is 18.2 Å². The molecule has 158 valence electrons. The molecule has 2 heterocycles. The Balaban J connectivity index is 1.94. The summed E-state index contributed by atoms with van der Waals surface area (Å²) in [7, 11) is -2.07. The van der Waals surface area contributed by atoms with Crippen LogP contribution in [-0.4, -0.2) is 44.8 Å². The Hall–Kier alpha value is -2.10. The Bertz CT molecular complexity index is 1050. The van der Waals surface area contributed by atoms with Crippen LogP contribution < -0.4 is 15.4 Å². The summed E-state index contributed by atoms with van der Waals surface area (Å²) in [4.78, 5) is 12.9. The van der Waals surface area contributed by atoms with Gasteiger partial charge in [0.25, 0.3) is 5.91 Å². The number of halogens is 2. The van der Waals surface area contributed by atoms with E-state index in [9.17, 15) is 17.6 Å². The molecule has 29 heavy (non-hydrogen) atoms. The van der Waals surface area contributed by atoms with E-state index < -0.39 is 21.6 Å². The van der Waals surface area contributed by atoms with Crippen LogP contribution in [0.3, 0.4) is 0 Å². The van der Waals surface area contributed by atoms with Gasteiger partial charge in [-0.25, -0.2) is 12.8 Å². The van der Waals surface area contributed by atoms with E-state index in [4.69, 9.17) is 16.3 Å². The van der Waals surface area contributed by atoms with Gasteiger partial charge in [0.15, 0.2) is 21.3 Å². The number of ether oxygens (including phenoxy) is 1. The van der Waals surface area contributed by atoms with Gasteiger partial charge >= 0.3 is 0 Å². The summed E-state index contributed by atoms with van der Waals surface area (Å²) < 4.78 is 45.2. The SMILES string of the molecule is Cn1cc(S(C)(=O)=O)c(OC[C@@]2(C)CCNC2)c1C(=O)Nc1ccc(F)c(Cl)c1.